The summed E-state index contributed by atoms with van der Waals surface area (Å²) in [6.07, 6.45) is 0. The van der Waals surface area contributed by atoms with Crippen LogP contribution in [0.15, 0.2) is 54.6 Å². The number of amides is 3. The second-order valence-corrected chi connectivity index (χ2v) is 8.40. The molecule has 1 unspecified atom stereocenters. The van der Waals surface area contributed by atoms with Gasteiger partial charge in [0.25, 0.3) is 0 Å². The lowest BCUT2D eigenvalue weighted by atomic mass is 9.97. The number of hydrogen-bond donors (Lipinski definition) is 1. The van der Waals surface area contributed by atoms with Crippen LogP contribution in [0.5, 0.6) is 0 Å². The van der Waals surface area contributed by atoms with Crippen LogP contribution in [0.2, 0.25) is 0 Å². The summed E-state index contributed by atoms with van der Waals surface area (Å²) in [5.74, 6) is -0.351. The van der Waals surface area contributed by atoms with Gasteiger partial charge in [-0.05, 0) is 30.2 Å². The van der Waals surface area contributed by atoms with Gasteiger partial charge in [0.2, 0.25) is 5.91 Å². The summed E-state index contributed by atoms with van der Waals surface area (Å²) in [5, 5.41) is 3.02. The molecule has 0 radical (unpaired) electrons. The molecule has 1 atom stereocenters. The molecule has 0 aromatic heterocycles. The van der Waals surface area contributed by atoms with Gasteiger partial charge in [-0.1, -0.05) is 42.5 Å². The zero-order valence-electron chi connectivity index (χ0n) is 18.7. The third-order valence-corrected chi connectivity index (χ3v) is 6.21. The molecule has 4 rings (SSSR count). The van der Waals surface area contributed by atoms with Gasteiger partial charge in [-0.15, -0.1) is 0 Å². The van der Waals surface area contributed by atoms with Crippen molar-refractivity contribution in [3.05, 3.63) is 65.7 Å². The molecule has 2 aromatic rings. The SMILES string of the molecule is Cc1cccc(N2CCN(C(=O)NCC(C(=O)N3CCOCC3)c3ccccc3)CC2)c1. The highest BCUT2D eigenvalue weighted by atomic mass is 16.5. The van der Waals surface area contributed by atoms with E-state index in [1.807, 2.05) is 40.1 Å². The molecule has 2 saturated heterocycles. The lowest BCUT2D eigenvalue weighted by Gasteiger charge is -2.36. The first-order chi connectivity index (χ1) is 15.6. The topological polar surface area (TPSA) is 65.1 Å². The van der Waals surface area contributed by atoms with Crippen molar-refractivity contribution in [2.75, 3.05) is 63.9 Å². The Morgan fingerprint density at radius 3 is 2.31 bits per heavy atom. The maximum atomic E-state index is 13.2. The van der Waals surface area contributed by atoms with Crippen molar-refractivity contribution >= 4 is 17.6 Å². The van der Waals surface area contributed by atoms with Gasteiger partial charge in [0, 0.05) is 51.5 Å². The minimum absolute atomic E-state index is 0.0454. The van der Waals surface area contributed by atoms with Crippen molar-refractivity contribution in [3.8, 4) is 0 Å². The number of carbonyl (C=O) groups is 2. The molecule has 7 heteroatoms. The molecule has 0 saturated carbocycles. The molecule has 2 aliphatic heterocycles. The number of nitrogens with zero attached hydrogens (tertiary/aromatic N) is 3. The lowest BCUT2D eigenvalue weighted by Crippen LogP contribution is -2.53. The first-order valence-electron chi connectivity index (χ1n) is 11.4. The Hall–Kier alpha value is -3.06. The maximum Gasteiger partial charge on any atom is 0.317 e. The fourth-order valence-corrected chi connectivity index (χ4v) is 4.33. The Labute approximate surface area is 189 Å². The van der Waals surface area contributed by atoms with Gasteiger partial charge in [-0.3, -0.25) is 4.79 Å². The molecule has 2 aromatic carbocycles. The summed E-state index contributed by atoms with van der Waals surface area (Å²) < 4.78 is 5.39. The number of ether oxygens (including phenoxy) is 1. The highest BCUT2D eigenvalue weighted by Gasteiger charge is 2.29. The minimum atomic E-state index is -0.396. The van der Waals surface area contributed by atoms with E-state index in [1.54, 1.807) is 0 Å². The van der Waals surface area contributed by atoms with E-state index in [4.69, 9.17) is 4.74 Å². The van der Waals surface area contributed by atoms with Crippen LogP contribution >= 0.6 is 0 Å². The van der Waals surface area contributed by atoms with Crippen molar-refractivity contribution in [1.82, 2.24) is 15.1 Å². The molecule has 2 fully saturated rings. The zero-order chi connectivity index (χ0) is 22.3. The Balaban J connectivity index is 1.34. The second-order valence-electron chi connectivity index (χ2n) is 8.40. The molecule has 0 spiro atoms. The number of benzene rings is 2. The molecular formula is C25H32N4O3. The number of rotatable bonds is 5. The normalized spacial score (nSPS) is 17.7. The third kappa shape index (κ3) is 5.40. The van der Waals surface area contributed by atoms with Gasteiger partial charge in [-0.25, -0.2) is 4.79 Å². The standard InChI is InChI=1S/C25H32N4O3/c1-20-6-5-9-22(18-20)27-10-12-29(13-11-27)25(31)26-19-23(21-7-3-2-4-8-21)24(30)28-14-16-32-17-15-28/h2-9,18,23H,10-17,19H2,1H3,(H,26,31). The first kappa shape index (κ1) is 22.1. The summed E-state index contributed by atoms with van der Waals surface area (Å²) >= 11 is 0. The van der Waals surface area contributed by atoms with Crippen LogP contribution in [0, 0.1) is 6.92 Å². The summed E-state index contributed by atoms with van der Waals surface area (Å²) in [6, 6.07) is 18.1. The third-order valence-electron chi connectivity index (χ3n) is 6.21. The number of urea groups is 1. The Bertz CT molecular complexity index is 906. The summed E-state index contributed by atoms with van der Waals surface area (Å²) in [4.78, 5) is 32.1. The first-order valence-corrected chi connectivity index (χ1v) is 11.4. The molecule has 170 valence electrons. The smallest absolute Gasteiger partial charge is 0.317 e. The van der Waals surface area contributed by atoms with Crippen LogP contribution < -0.4 is 10.2 Å². The van der Waals surface area contributed by atoms with E-state index >= 15 is 0 Å². The highest BCUT2D eigenvalue weighted by Crippen LogP contribution is 2.20. The molecule has 0 aliphatic carbocycles. The number of morpholine rings is 1. The van der Waals surface area contributed by atoms with Crippen molar-refractivity contribution in [1.29, 1.82) is 0 Å². The molecule has 0 bridgehead atoms. The zero-order valence-corrected chi connectivity index (χ0v) is 18.7. The quantitative estimate of drug-likeness (QED) is 0.782. The molecule has 2 aliphatic rings. The number of hydrogen-bond acceptors (Lipinski definition) is 4. The van der Waals surface area contributed by atoms with E-state index in [1.165, 1.54) is 11.3 Å². The second kappa shape index (κ2) is 10.5. The average molecular weight is 437 g/mol. The van der Waals surface area contributed by atoms with Crippen LogP contribution in [0.3, 0.4) is 0 Å². The van der Waals surface area contributed by atoms with Crippen molar-refractivity contribution < 1.29 is 14.3 Å². The molecule has 3 amide bonds. The van der Waals surface area contributed by atoms with E-state index in [2.05, 4.69) is 41.4 Å². The van der Waals surface area contributed by atoms with Gasteiger partial charge in [0.05, 0.1) is 19.1 Å². The monoisotopic (exact) mass is 436 g/mol. The predicted octanol–water partition coefficient (Wildman–Crippen LogP) is 2.47. The summed E-state index contributed by atoms with van der Waals surface area (Å²) in [5.41, 5.74) is 3.36. The van der Waals surface area contributed by atoms with Gasteiger partial charge in [-0.2, -0.15) is 0 Å². The summed E-state index contributed by atoms with van der Waals surface area (Å²) in [6.45, 7) is 7.60. The van der Waals surface area contributed by atoms with Crippen molar-refractivity contribution in [2.45, 2.75) is 12.8 Å². The molecule has 2 heterocycles. The van der Waals surface area contributed by atoms with Crippen LogP contribution in [0.25, 0.3) is 0 Å². The number of anilines is 1. The Morgan fingerprint density at radius 2 is 1.62 bits per heavy atom. The van der Waals surface area contributed by atoms with Gasteiger partial charge >= 0.3 is 6.03 Å². The van der Waals surface area contributed by atoms with E-state index < -0.39 is 5.92 Å². The van der Waals surface area contributed by atoms with Gasteiger partial charge in [0.1, 0.15) is 0 Å². The lowest BCUT2D eigenvalue weighted by molar-refractivity contribution is -0.136. The fourth-order valence-electron chi connectivity index (χ4n) is 4.33. The largest absolute Gasteiger partial charge is 0.378 e. The van der Waals surface area contributed by atoms with Gasteiger partial charge in [0.15, 0.2) is 0 Å². The number of nitrogens with one attached hydrogen (secondary N) is 1. The van der Waals surface area contributed by atoms with E-state index in [0.29, 0.717) is 39.4 Å². The Kier molecular flexibility index (Phi) is 7.27. The average Bonchev–Trinajstić information content (AvgIpc) is 2.85. The fraction of sp³-hybridized carbons (Fsp3) is 0.440. The number of aryl methyl sites for hydroxylation is 1. The molecule has 1 N–H and O–H groups in total. The van der Waals surface area contributed by atoms with E-state index in [0.717, 1.165) is 18.7 Å². The van der Waals surface area contributed by atoms with E-state index in [-0.39, 0.29) is 18.5 Å². The summed E-state index contributed by atoms with van der Waals surface area (Å²) in [7, 11) is 0. The number of carbonyl (C=O) groups excluding carboxylic acids is 2. The minimum Gasteiger partial charge on any atom is -0.378 e. The molecular weight excluding hydrogens is 404 g/mol. The predicted molar refractivity (Wildman–Crippen MR) is 125 cm³/mol. The van der Waals surface area contributed by atoms with Crippen molar-refractivity contribution in [3.63, 3.8) is 0 Å². The van der Waals surface area contributed by atoms with E-state index in [9.17, 15) is 9.59 Å². The molecule has 32 heavy (non-hydrogen) atoms. The maximum absolute atomic E-state index is 13.2. The van der Waals surface area contributed by atoms with Crippen LogP contribution in [0.4, 0.5) is 10.5 Å². The highest BCUT2D eigenvalue weighted by molar-refractivity contribution is 5.85. The molecule has 7 nitrogen and oxygen atoms in total. The number of piperazine rings is 1. The van der Waals surface area contributed by atoms with Crippen LogP contribution in [-0.4, -0.2) is 80.8 Å². The van der Waals surface area contributed by atoms with Crippen molar-refractivity contribution in [2.24, 2.45) is 0 Å². The van der Waals surface area contributed by atoms with Crippen LogP contribution in [-0.2, 0) is 9.53 Å². The van der Waals surface area contributed by atoms with Gasteiger partial charge < -0.3 is 24.8 Å². The van der Waals surface area contributed by atoms with Crippen LogP contribution in [0.1, 0.15) is 17.0 Å². The Morgan fingerprint density at radius 1 is 0.906 bits per heavy atom.